The summed E-state index contributed by atoms with van der Waals surface area (Å²) in [5.41, 5.74) is 7.61. The Morgan fingerprint density at radius 1 is 1.35 bits per heavy atom. The van der Waals surface area contributed by atoms with Gasteiger partial charge in [0, 0.05) is 19.1 Å². The van der Waals surface area contributed by atoms with Crippen LogP contribution >= 0.6 is 0 Å². The van der Waals surface area contributed by atoms with Gasteiger partial charge in [-0.05, 0) is 37.1 Å². The molecule has 0 fully saturated rings. The van der Waals surface area contributed by atoms with Gasteiger partial charge in [-0.25, -0.2) is 4.39 Å². The van der Waals surface area contributed by atoms with Crippen LogP contribution in [0.4, 0.5) is 4.39 Å². The molecule has 1 aromatic rings. The van der Waals surface area contributed by atoms with Gasteiger partial charge in [-0.3, -0.25) is 4.90 Å². The standard InChI is InChI=1S/C14H23FN2/c1-10(2)14(8-16)17(4)9-12-5-6-13(15)11(3)7-12/h5-7,10,14H,8-9,16H2,1-4H3. The van der Waals surface area contributed by atoms with E-state index in [2.05, 4.69) is 25.8 Å². The highest BCUT2D eigenvalue weighted by Gasteiger charge is 2.17. The second-order valence-corrected chi connectivity index (χ2v) is 5.05. The summed E-state index contributed by atoms with van der Waals surface area (Å²) < 4.78 is 13.2. The van der Waals surface area contributed by atoms with Gasteiger partial charge in [-0.1, -0.05) is 26.0 Å². The first-order valence-electron chi connectivity index (χ1n) is 6.11. The van der Waals surface area contributed by atoms with E-state index in [4.69, 9.17) is 5.73 Å². The first-order valence-corrected chi connectivity index (χ1v) is 6.11. The van der Waals surface area contributed by atoms with Gasteiger partial charge in [0.05, 0.1) is 0 Å². The molecule has 0 radical (unpaired) electrons. The first kappa shape index (κ1) is 14.1. The summed E-state index contributed by atoms with van der Waals surface area (Å²) in [5, 5.41) is 0. The van der Waals surface area contributed by atoms with Crippen molar-refractivity contribution in [2.45, 2.75) is 33.4 Å². The Bertz CT molecular complexity index is 363. The SMILES string of the molecule is Cc1cc(CN(C)C(CN)C(C)C)ccc1F. The Kier molecular flexibility index (Phi) is 5.09. The maximum atomic E-state index is 13.2. The van der Waals surface area contributed by atoms with Crippen LogP contribution in [0.25, 0.3) is 0 Å². The molecule has 0 aliphatic carbocycles. The van der Waals surface area contributed by atoms with E-state index in [1.807, 2.05) is 12.1 Å². The third-order valence-corrected chi connectivity index (χ3v) is 3.23. The van der Waals surface area contributed by atoms with Crippen LogP contribution in [0.3, 0.4) is 0 Å². The second kappa shape index (κ2) is 6.12. The zero-order valence-electron chi connectivity index (χ0n) is 11.2. The summed E-state index contributed by atoms with van der Waals surface area (Å²) in [6, 6.07) is 5.64. The van der Waals surface area contributed by atoms with E-state index in [1.165, 1.54) is 6.07 Å². The minimum Gasteiger partial charge on any atom is -0.329 e. The van der Waals surface area contributed by atoms with Crippen LogP contribution in [0.2, 0.25) is 0 Å². The van der Waals surface area contributed by atoms with Gasteiger partial charge in [0.1, 0.15) is 5.82 Å². The highest BCUT2D eigenvalue weighted by Crippen LogP contribution is 2.14. The molecule has 1 unspecified atom stereocenters. The smallest absolute Gasteiger partial charge is 0.126 e. The normalized spacial score (nSPS) is 13.4. The summed E-state index contributed by atoms with van der Waals surface area (Å²) in [7, 11) is 2.07. The molecule has 0 amide bonds. The summed E-state index contributed by atoms with van der Waals surface area (Å²) in [5.74, 6) is 0.377. The number of nitrogens with zero attached hydrogens (tertiary/aromatic N) is 1. The summed E-state index contributed by atoms with van der Waals surface area (Å²) in [6.45, 7) is 7.59. The predicted octanol–water partition coefficient (Wildman–Crippen LogP) is 2.55. The lowest BCUT2D eigenvalue weighted by Gasteiger charge is -2.30. The van der Waals surface area contributed by atoms with Gasteiger partial charge in [0.25, 0.3) is 0 Å². The van der Waals surface area contributed by atoms with Crippen molar-refractivity contribution in [1.82, 2.24) is 4.90 Å². The van der Waals surface area contributed by atoms with Crippen molar-refractivity contribution < 1.29 is 4.39 Å². The van der Waals surface area contributed by atoms with E-state index in [9.17, 15) is 4.39 Å². The number of benzene rings is 1. The molecule has 0 saturated carbocycles. The number of likely N-dealkylation sites (N-methyl/N-ethyl adjacent to an activating group) is 1. The van der Waals surface area contributed by atoms with Gasteiger partial charge in [-0.15, -0.1) is 0 Å². The van der Waals surface area contributed by atoms with Crippen LogP contribution in [-0.2, 0) is 6.54 Å². The van der Waals surface area contributed by atoms with Gasteiger partial charge in [-0.2, -0.15) is 0 Å². The van der Waals surface area contributed by atoms with E-state index in [0.717, 1.165) is 12.1 Å². The van der Waals surface area contributed by atoms with Crippen molar-refractivity contribution >= 4 is 0 Å². The maximum absolute atomic E-state index is 13.2. The molecule has 17 heavy (non-hydrogen) atoms. The molecule has 1 rings (SSSR count). The van der Waals surface area contributed by atoms with Gasteiger partial charge < -0.3 is 5.73 Å². The topological polar surface area (TPSA) is 29.3 Å². The molecule has 0 aromatic heterocycles. The van der Waals surface area contributed by atoms with E-state index in [0.29, 0.717) is 24.1 Å². The lowest BCUT2D eigenvalue weighted by Crippen LogP contribution is -2.41. The molecule has 0 aliphatic heterocycles. The monoisotopic (exact) mass is 238 g/mol. The van der Waals surface area contributed by atoms with Gasteiger partial charge in [0.15, 0.2) is 0 Å². The van der Waals surface area contributed by atoms with Crippen molar-refractivity contribution in [2.24, 2.45) is 11.7 Å². The Balaban J connectivity index is 2.73. The molecule has 2 N–H and O–H groups in total. The highest BCUT2D eigenvalue weighted by molar-refractivity contribution is 5.23. The van der Waals surface area contributed by atoms with E-state index in [1.54, 1.807) is 6.92 Å². The fourth-order valence-electron chi connectivity index (χ4n) is 2.17. The van der Waals surface area contributed by atoms with Gasteiger partial charge >= 0.3 is 0 Å². The fraction of sp³-hybridized carbons (Fsp3) is 0.571. The Labute approximate surface area is 104 Å². The van der Waals surface area contributed by atoms with E-state index < -0.39 is 0 Å². The molecule has 0 aliphatic rings. The quantitative estimate of drug-likeness (QED) is 0.854. The predicted molar refractivity (Wildman–Crippen MR) is 70.3 cm³/mol. The lowest BCUT2D eigenvalue weighted by molar-refractivity contribution is 0.190. The molecular formula is C14H23FN2. The molecular weight excluding hydrogens is 215 g/mol. The highest BCUT2D eigenvalue weighted by atomic mass is 19.1. The molecule has 2 nitrogen and oxygen atoms in total. The fourth-order valence-corrected chi connectivity index (χ4v) is 2.17. The van der Waals surface area contributed by atoms with Crippen LogP contribution in [0.1, 0.15) is 25.0 Å². The maximum Gasteiger partial charge on any atom is 0.126 e. The molecule has 0 spiro atoms. The van der Waals surface area contributed by atoms with Crippen molar-refractivity contribution in [2.75, 3.05) is 13.6 Å². The van der Waals surface area contributed by atoms with Crippen LogP contribution in [0, 0.1) is 18.7 Å². The lowest BCUT2D eigenvalue weighted by atomic mass is 10.0. The third-order valence-electron chi connectivity index (χ3n) is 3.23. The number of rotatable bonds is 5. The molecule has 96 valence electrons. The van der Waals surface area contributed by atoms with Crippen LogP contribution < -0.4 is 5.73 Å². The van der Waals surface area contributed by atoms with Crippen LogP contribution in [0.15, 0.2) is 18.2 Å². The Morgan fingerprint density at radius 2 is 2.00 bits per heavy atom. The second-order valence-electron chi connectivity index (χ2n) is 5.05. The average molecular weight is 238 g/mol. The van der Waals surface area contributed by atoms with Crippen LogP contribution in [0.5, 0.6) is 0 Å². The van der Waals surface area contributed by atoms with E-state index in [-0.39, 0.29) is 5.82 Å². The molecule has 1 aromatic carbocycles. The molecule has 1 atom stereocenters. The molecule has 3 heteroatoms. The van der Waals surface area contributed by atoms with Crippen LogP contribution in [-0.4, -0.2) is 24.5 Å². The Morgan fingerprint density at radius 3 is 2.47 bits per heavy atom. The average Bonchev–Trinajstić information content (AvgIpc) is 2.24. The minimum atomic E-state index is -0.143. The molecule has 0 heterocycles. The van der Waals surface area contributed by atoms with Gasteiger partial charge in [0.2, 0.25) is 0 Å². The van der Waals surface area contributed by atoms with Crippen molar-refractivity contribution in [3.63, 3.8) is 0 Å². The zero-order valence-corrected chi connectivity index (χ0v) is 11.2. The number of halogens is 1. The van der Waals surface area contributed by atoms with Crippen molar-refractivity contribution in [3.05, 3.63) is 35.1 Å². The van der Waals surface area contributed by atoms with E-state index >= 15 is 0 Å². The zero-order chi connectivity index (χ0) is 13.0. The largest absolute Gasteiger partial charge is 0.329 e. The first-order chi connectivity index (χ1) is 7.95. The Hall–Kier alpha value is -0.930. The van der Waals surface area contributed by atoms with Crippen molar-refractivity contribution in [3.8, 4) is 0 Å². The molecule has 0 saturated heterocycles. The summed E-state index contributed by atoms with van der Waals surface area (Å²) in [4.78, 5) is 2.23. The number of hydrogen-bond acceptors (Lipinski definition) is 2. The minimum absolute atomic E-state index is 0.143. The van der Waals surface area contributed by atoms with Crippen molar-refractivity contribution in [1.29, 1.82) is 0 Å². The molecule has 0 bridgehead atoms. The number of nitrogens with two attached hydrogens (primary N) is 1. The summed E-state index contributed by atoms with van der Waals surface area (Å²) >= 11 is 0. The third kappa shape index (κ3) is 3.79. The summed E-state index contributed by atoms with van der Waals surface area (Å²) in [6.07, 6.45) is 0. The number of hydrogen-bond donors (Lipinski definition) is 1. The number of aryl methyl sites for hydroxylation is 1.